The van der Waals surface area contributed by atoms with Crippen LogP contribution in [0.3, 0.4) is 0 Å². The van der Waals surface area contributed by atoms with Gasteiger partial charge in [-0.3, -0.25) is 9.59 Å². The van der Waals surface area contributed by atoms with Gasteiger partial charge in [-0.1, -0.05) is 0 Å². The van der Waals surface area contributed by atoms with E-state index in [0.29, 0.717) is 53.9 Å². The normalized spacial score (nSPS) is 13.1. The molecule has 3 rings (SSSR count). The van der Waals surface area contributed by atoms with E-state index in [1.54, 1.807) is 0 Å². The van der Waals surface area contributed by atoms with Crippen molar-refractivity contribution in [1.29, 1.82) is 0 Å². The molecule has 1 saturated heterocycles. The predicted molar refractivity (Wildman–Crippen MR) is 105 cm³/mol. The maximum Gasteiger partial charge on any atom is 0.152 e. The van der Waals surface area contributed by atoms with Crippen LogP contribution in [0.5, 0.6) is 0 Å². The Hall–Kier alpha value is -1.77. The molecular weight excluding hydrogens is 428 g/mol. The van der Waals surface area contributed by atoms with Gasteiger partial charge in [-0.05, 0) is 52.3 Å². The minimum Gasteiger partial charge on any atom is -0.378 e. The second-order valence-electron chi connectivity index (χ2n) is 5.20. The van der Waals surface area contributed by atoms with E-state index in [4.69, 9.17) is 4.74 Å². The molecule has 1 heterocycles. The molecule has 0 aliphatic carbocycles. The lowest BCUT2D eigenvalue weighted by atomic mass is 10.1. The third-order valence-electron chi connectivity index (χ3n) is 3.56. The maximum atomic E-state index is 13.1. The second kappa shape index (κ2) is 11.1. The lowest BCUT2D eigenvalue weighted by molar-refractivity contribution is 0.111. The summed E-state index contributed by atoms with van der Waals surface area (Å²) in [7, 11) is 0. The minimum atomic E-state index is -0.350. The fraction of sp³-hybridized carbons (Fsp3) is 0.222. The standard InChI is InChI=1S/C11H12FNO2.C7H4BrFO.H2S/c12-10-2-1-9(8-14)11(7-10)13-3-5-15-6-4-13;8-7-3-6(9)2-1-5(7)4-10;/h1-2,7-8H,3-6H2;1-4H;1H2. The number of carbonyl (C=O) groups is 2. The van der Waals surface area contributed by atoms with Gasteiger partial charge in [0.2, 0.25) is 0 Å². The first-order valence-electron chi connectivity index (χ1n) is 7.53. The average molecular weight is 446 g/mol. The highest BCUT2D eigenvalue weighted by molar-refractivity contribution is 9.10. The molecule has 1 aliphatic rings. The molecule has 2 aromatic carbocycles. The van der Waals surface area contributed by atoms with Crippen LogP contribution in [0.2, 0.25) is 0 Å². The number of carbonyl (C=O) groups excluding carboxylic acids is 2. The van der Waals surface area contributed by atoms with Gasteiger partial charge in [0.05, 0.1) is 18.9 Å². The van der Waals surface area contributed by atoms with Crippen LogP contribution in [-0.2, 0) is 4.74 Å². The summed E-state index contributed by atoms with van der Waals surface area (Å²) in [6.07, 6.45) is 1.42. The van der Waals surface area contributed by atoms with Crippen LogP contribution < -0.4 is 4.90 Å². The van der Waals surface area contributed by atoms with E-state index in [1.807, 2.05) is 4.90 Å². The monoisotopic (exact) mass is 445 g/mol. The van der Waals surface area contributed by atoms with E-state index in [-0.39, 0.29) is 25.1 Å². The van der Waals surface area contributed by atoms with Crippen LogP contribution in [0.1, 0.15) is 20.7 Å². The summed E-state index contributed by atoms with van der Waals surface area (Å²) in [5, 5.41) is 0. The summed E-state index contributed by atoms with van der Waals surface area (Å²) in [5.41, 5.74) is 1.65. The molecule has 140 valence electrons. The molecule has 0 amide bonds. The summed E-state index contributed by atoms with van der Waals surface area (Å²) in [5.74, 6) is -0.667. The average Bonchev–Trinajstić information content (AvgIpc) is 2.63. The maximum absolute atomic E-state index is 13.1. The summed E-state index contributed by atoms with van der Waals surface area (Å²) < 4.78 is 31.1. The van der Waals surface area contributed by atoms with Crippen LogP contribution >= 0.6 is 29.4 Å². The summed E-state index contributed by atoms with van der Waals surface area (Å²) in [6, 6.07) is 8.13. The number of anilines is 1. The van der Waals surface area contributed by atoms with E-state index >= 15 is 0 Å². The molecule has 0 N–H and O–H groups in total. The molecule has 0 saturated carbocycles. The molecule has 26 heavy (non-hydrogen) atoms. The van der Waals surface area contributed by atoms with Crippen LogP contribution in [-0.4, -0.2) is 38.9 Å². The van der Waals surface area contributed by atoms with Crippen molar-refractivity contribution >= 4 is 47.7 Å². The fourth-order valence-corrected chi connectivity index (χ4v) is 2.74. The molecule has 0 bridgehead atoms. The van der Waals surface area contributed by atoms with Gasteiger partial charge in [-0.25, -0.2) is 8.78 Å². The SMILES string of the molecule is O=Cc1ccc(F)cc1Br.O=Cc1ccc(F)cc1N1CCOCC1.S. The Labute approximate surface area is 165 Å². The zero-order chi connectivity index (χ0) is 18.2. The van der Waals surface area contributed by atoms with Gasteiger partial charge in [0.25, 0.3) is 0 Å². The number of halogens is 3. The van der Waals surface area contributed by atoms with Crippen molar-refractivity contribution in [3.8, 4) is 0 Å². The molecule has 0 unspecified atom stereocenters. The smallest absolute Gasteiger partial charge is 0.152 e. The van der Waals surface area contributed by atoms with Crippen LogP contribution in [0.15, 0.2) is 40.9 Å². The highest BCUT2D eigenvalue weighted by Crippen LogP contribution is 2.21. The Balaban J connectivity index is 0.000000270. The van der Waals surface area contributed by atoms with Crippen molar-refractivity contribution in [2.75, 3.05) is 31.2 Å². The van der Waals surface area contributed by atoms with E-state index in [9.17, 15) is 18.4 Å². The number of benzene rings is 2. The van der Waals surface area contributed by atoms with E-state index in [1.165, 1.54) is 36.4 Å². The van der Waals surface area contributed by atoms with Gasteiger partial charge in [-0.2, -0.15) is 13.5 Å². The van der Waals surface area contributed by atoms with Crippen LogP contribution in [0.25, 0.3) is 0 Å². The second-order valence-corrected chi connectivity index (χ2v) is 6.06. The molecule has 0 aromatic heterocycles. The largest absolute Gasteiger partial charge is 0.378 e. The number of aldehydes is 2. The van der Waals surface area contributed by atoms with Crippen molar-refractivity contribution in [2.24, 2.45) is 0 Å². The molecule has 8 heteroatoms. The molecule has 2 aromatic rings. The fourth-order valence-electron chi connectivity index (χ4n) is 2.29. The van der Waals surface area contributed by atoms with Gasteiger partial charge in [0.15, 0.2) is 12.6 Å². The van der Waals surface area contributed by atoms with Crippen molar-refractivity contribution in [2.45, 2.75) is 0 Å². The Morgan fingerprint density at radius 2 is 1.46 bits per heavy atom. The number of hydrogen-bond acceptors (Lipinski definition) is 4. The van der Waals surface area contributed by atoms with E-state index in [0.717, 1.165) is 6.29 Å². The van der Waals surface area contributed by atoms with Crippen molar-refractivity contribution < 1.29 is 23.1 Å². The Kier molecular flexibility index (Phi) is 9.47. The van der Waals surface area contributed by atoms with E-state index in [2.05, 4.69) is 15.9 Å². The highest BCUT2D eigenvalue weighted by atomic mass is 79.9. The number of morpholine rings is 1. The lowest BCUT2D eigenvalue weighted by Gasteiger charge is -2.29. The molecule has 0 atom stereocenters. The third-order valence-corrected chi connectivity index (χ3v) is 4.25. The summed E-state index contributed by atoms with van der Waals surface area (Å²) in [4.78, 5) is 23.0. The van der Waals surface area contributed by atoms with Gasteiger partial charge < -0.3 is 9.64 Å². The molecule has 4 nitrogen and oxygen atoms in total. The minimum absolute atomic E-state index is 0. The van der Waals surface area contributed by atoms with Crippen molar-refractivity contribution in [3.63, 3.8) is 0 Å². The highest BCUT2D eigenvalue weighted by Gasteiger charge is 2.15. The molecule has 1 aliphatic heterocycles. The third kappa shape index (κ3) is 6.19. The van der Waals surface area contributed by atoms with E-state index < -0.39 is 0 Å². The number of nitrogens with zero attached hydrogens (tertiary/aromatic N) is 1. The number of ether oxygens (including phenoxy) is 1. The quantitative estimate of drug-likeness (QED) is 0.670. The van der Waals surface area contributed by atoms with Crippen LogP contribution in [0, 0.1) is 11.6 Å². The predicted octanol–water partition coefficient (Wildman–Crippen LogP) is 3.99. The lowest BCUT2D eigenvalue weighted by Crippen LogP contribution is -2.36. The topological polar surface area (TPSA) is 46.6 Å². The molecule has 1 fully saturated rings. The first-order chi connectivity index (χ1) is 12.0. The first-order valence-corrected chi connectivity index (χ1v) is 8.32. The Morgan fingerprint density at radius 3 is 2.00 bits per heavy atom. The van der Waals surface area contributed by atoms with Crippen molar-refractivity contribution in [1.82, 2.24) is 0 Å². The first kappa shape index (κ1) is 22.3. The van der Waals surface area contributed by atoms with Gasteiger partial charge in [0.1, 0.15) is 11.6 Å². The summed E-state index contributed by atoms with van der Waals surface area (Å²) in [6.45, 7) is 2.64. The summed E-state index contributed by atoms with van der Waals surface area (Å²) >= 11 is 3.04. The zero-order valence-corrected chi connectivity index (χ0v) is 16.3. The molecule has 0 spiro atoms. The van der Waals surface area contributed by atoms with Crippen LogP contribution in [0.4, 0.5) is 14.5 Å². The zero-order valence-electron chi connectivity index (χ0n) is 13.8. The Morgan fingerprint density at radius 1 is 0.923 bits per heavy atom. The van der Waals surface area contributed by atoms with Gasteiger partial charge in [0, 0.05) is 28.7 Å². The Bertz CT molecular complexity index is 755. The van der Waals surface area contributed by atoms with Crippen molar-refractivity contribution in [3.05, 3.63) is 63.6 Å². The van der Waals surface area contributed by atoms with Gasteiger partial charge >= 0.3 is 0 Å². The van der Waals surface area contributed by atoms with Gasteiger partial charge in [-0.15, -0.1) is 0 Å². The molecule has 0 radical (unpaired) electrons. The number of rotatable bonds is 3. The molecular formula is C18H18BrF2NO3S. The number of hydrogen-bond donors (Lipinski definition) is 0.